The van der Waals surface area contributed by atoms with Crippen LogP contribution in [-0.4, -0.2) is 29.1 Å². The van der Waals surface area contributed by atoms with Crippen LogP contribution in [0.1, 0.15) is 60.3 Å². The summed E-state index contributed by atoms with van der Waals surface area (Å²) < 4.78 is 5.24. The zero-order chi connectivity index (χ0) is 16.4. The second-order valence-corrected chi connectivity index (χ2v) is 6.85. The maximum absolute atomic E-state index is 12.6. The van der Waals surface area contributed by atoms with Crippen molar-refractivity contribution >= 4 is 17.5 Å². The van der Waals surface area contributed by atoms with Crippen molar-refractivity contribution < 1.29 is 9.32 Å². The van der Waals surface area contributed by atoms with Gasteiger partial charge in [0.2, 0.25) is 5.76 Å². The first kappa shape index (κ1) is 16.1. The monoisotopic (exact) mass is 332 g/mol. The molecule has 4 nitrogen and oxygen atoms in total. The summed E-state index contributed by atoms with van der Waals surface area (Å²) in [4.78, 5) is 14.5. The standard InChI is InChI=1S/C18H21ClN2O2/c1-12(2)16-10-17(23-20-16)18(22)21-9-3-4-14(11-21)13-5-7-15(19)8-6-13/h5-8,10,12,14H,3-4,9,11H2,1-2H3/t14-/m1/s1. The van der Waals surface area contributed by atoms with Gasteiger partial charge < -0.3 is 9.42 Å². The average molecular weight is 333 g/mol. The number of likely N-dealkylation sites (tertiary alicyclic amines) is 1. The molecule has 0 radical (unpaired) electrons. The van der Waals surface area contributed by atoms with Gasteiger partial charge in [-0.25, -0.2) is 0 Å². The normalized spacial score (nSPS) is 18.4. The number of amides is 1. The number of carbonyl (C=O) groups excluding carboxylic acids is 1. The number of piperidine rings is 1. The van der Waals surface area contributed by atoms with E-state index in [0.29, 0.717) is 18.2 Å². The van der Waals surface area contributed by atoms with E-state index in [1.807, 2.05) is 43.0 Å². The molecule has 0 saturated carbocycles. The zero-order valence-corrected chi connectivity index (χ0v) is 14.2. The van der Waals surface area contributed by atoms with Crippen LogP contribution < -0.4 is 0 Å². The molecule has 0 spiro atoms. The third-order valence-corrected chi connectivity index (χ3v) is 4.63. The predicted molar refractivity (Wildman–Crippen MR) is 89.9 cm³/mol. The maximum Gasteiger partial charge on any atom is 0.292 e. The molecule has 1 fully saturated rings. The Balaban J connectivity index is 1.72. The molecule has 2 heterocycles. The Bertz CT molecular complexity index is 679. The third-order valence-electron chi connectivity index (χ3n) is 4.38. The summed E-state index contributed by atoms with van der Waals surface area (Å²) in [6, 6.07) is 9.67. The molecular weight excluding hydrogens is 312 g/mol. The van der Waals surface area contributed by atoms with Gasteiger partial charge in [-0.05, 0) is 36.5 Å². The Morgan fingerprint density at radius 2 is 2.09 bits per heavy atom. The smallest absolute Gasteiger partial charge is 0.292 e. The summed E-state index contributed by atoms with van der Waals surface area (Å²) in [5, 5.41) is 4.72. The van der Waals surface area contributed by atoms with Gasteiger partial charge >= 0.3 is 0 Å². The number of benzene rings is 1. The van der Waals surface area contributed by atoms with Gasteiger partial charge in [0.25, 0.3) is 5.91 Å². The van der Waals surface area contributed by atoms with Gasteiger partial charge in [0.1, 0.15) is 0 Å². The van der Waals surface area contributed by atoms with Crippen LogP contribution in [0.25, 0.3) is 0 Å². The second-order valence-electron chi connectivity index (χ2n) is 6.41. The van der Waals surface area contributed by atoms with Crippen molar-refractivity contribution in [3.8, 4) is 0 Å². The highest BCUT2D eigenvalue weighted by molar-refractivity contribution is 6.30. The molecule has 3 rings (SSSR count). The molecule has 1 amide bonds. The van der Waals surface area contributed by atoms with Crippen molar-refractivity contribution in [3.05, 3.63) is 52.4 Å². The van der Waals surface area contributed by atoms with E-state index in [-0.39, 0.29) is 11.8 Å². The maximum atomic E-state index is 12.6. The van der Waals surface area contributed by atoms with Crippen LogP contribution in [0, 0.1) is 0 Å². The largest absolute Gasteiger partial charge is 0.351 e. The van der Waals surface area contributed by atoms with Gasteiger partial charge in [-0.15, -0.1) is 0 Å². The van der Waals surface area contributed by atoms with Gasteiger partial charge in [-0.3, -0.25) is 4.79 Å². The van der Waals surface area contributed by atoms with Gasteiger partial charge in [0.05, 0.1) is 5.69 Å². The van der Waals surface area contributed by atoms with Crippen molar-refractivity contribution in [2.24, 2.45) is 0 Å². The van der Waals surface area contributed by atoms with E-state index in [2.05, 4.69) is 5.16 Å². The van der Waals surface area contributed by atoms with Gasteiger partial charge in [-0.2, -0.15) is 0 Å². The number of rotatable bonds is 3. The van der Waals surface area contributed by atoms with E-state index in [0.717, 1.165) is 30.1 Å². The lowest BCUT2D eigenvalue weighted by Gasteiger charge is -2.32. The molecular formula is C18H21ClN2O2. The first-order valence-corrected chi connectivity index (χ1v) is 8.43. The molecule has 0 aliphatic carbocycles. The number of aromatic nitrogens is 1. The molecule has 0 unspecified atom stereocenters. The van der Waals surface area contributed by atoms with Crippen LogP contribution in [0.15, 0.2) is 34.9 Å². The number of halogens is 1. The van der Waals surface area contributed by atoms with Crippen molar-refractivity contribution in [3.63, 3.8) is 0 Å². The van der Waals surface area contributed by atoms with Crippen LogP contribution in [0.4, 0.5) is 0 Å². The Hall–Kier alpha value is -1.81. The van der Waals surface area contributed by atoms with Crippen molar-refractivity contribution in [2.45, 2.75) is 38.5 Å². The lowest BCUT2D eigenvalue weighted by Crippen LogP contribution is -2.39. The first-order valence-electron chi connectivity index (χ1n) is 8.06. The molecule has 1 aromatic carbocycles. The Labute approximate surface area is 141 Å². The highest BCUT2D eigenvalue weighted by atomic mass is 35.5. The topological polar surface area (TPSA) is 46.3 Å². The molecule has 1 aliphatic rings. The number of carbonyl (C=O) groups is 1. The molecule has 1 aromatic heterocycles. The highest BCUT2D eigenvalue weighted by Gasteiger charge is 2.27. The number of hydrogen-bond acceptors (Lipinski definition) is 3. The van der Waals surface area contributed by atoms with Gasteiger partial charge in [-0.1, -0.05) is 42.7 Å². The van der Waals surface area contributed by atoms with Crippen LogP contribution in [0.5, 0.6) is 0 Å². The predicted octanol–water partition coefficient (Wildman–Crippen LogP) is 4.47. The summed E-state index contributed by atoms with van der Waals surface area (Å²) in [6.45, 7) is 5.53. The molecule has 1 saturated heterocycles. The Morgan fingerprint density at radius 1 is 1.35 bits per heavy atom. The molecule has 1 atom stereocenters. The molecule has 1 aliphatic heterocycles. The van der Waals surface area contributed by atoms with E-state index < -0.39 is 0 Å². The molecule has 122 valence electrons. The summed E-state index contributed by atoms with van der Waals surface area (Å²) in [5.74, 6) is 0.870. The van der Waals surface area contributed by atoms with E-state index in [1.165, 1.54) is 5.56 Å². The highest BCUT2D eigenvalue weighted by Crippen LogP contribution is 2.29. The van der Waals surface area contributed by atoms with Gasteiger partial charge in [0, 0.05) is 30.1 Å². The lowest BCUT2D eigenvalue weighted by molar-refractivity contribution is 0.0665. The Kier molecular flexibility index (Phi) is 4.71. The Morgan fingerprint density at radius 3 is 2.74 bits per heavy atom. The van der Waals surface area contributed by atoms with Crippen molar-refractivity contribution in [1.82, 2.24) is 10.1 Å². The van der Waals surface area contributed by atoms with E-state index in [9.17, 15) is 4.79 Å². The second kappa shape index (κ2) is 6.75. The van der Waals surface area contributed by atoms with Crippen LogP contribution in [0.3, 0.4) is 0 Å². The van der Waals surface area contributed by atoms with Crippen molar-refractivity contribution in [1.29, 1.82) is 0 Å². The first-order chi connectivity index (χ1) is 11.0. The lowest BCUT2D eigenvalue weighted by atomic mass is 9.90. The average Bonchev–Trinajstić information content (AvgIpc) is 3.05. The minimum atomic E-state index is -0.0666. The summed E-state index contributed by atoms with van der Waals surface area (Å²) in [7, 11) is 0. The molecule has 0 bridgehead atoms. The summed E-state index contributed by atoms with van der Waals surface area (Å²) in [5.41, 5.74) is 2.05. The van der Waals surface area contributed by atoms with Gasteiger partial charge in [0.15, 0.2) is 0 Å². The molecule has 0 N–H and O–H groups in total. The van der Waals surface area contributed by atoms with Crippen LogP contribution in [0.2, 0.25) is 5.02 Å². The molecule has 23 heavy (non-hydrogen) atoms. The van der Waals surface area contributed by atoms with E-state index >= 15 is 0 Å². The van der Waals surface area contributed by atoms with E-state index in [1.54, 1.807) is 6.07 Å². The summed E-state index contributed by atoms with van der Waals surface area (Å²) >= 11 is 5.95. The fraction of sp³-hybridized carbons (Fsp3) is 0.444. The fourth-order valence-corrected chi connectivity index (χ4v) is 3.11. The van der Waals surface area contributed by atoms with Crippen LogP contribution in [-0.2, 0) is 0 Å². The van der Waals surface area contributed by atoms with Crippen LogP contribution >= 0.6 is 11.6 Å². The van der Waals surface area contributed by atoms with E-state index in [4.69, 9.17) is 16.1 Å². The third kappa shape index (κ3) is 3.58. The molecule has 5 heteroatoms. The zero-order valence-electron chi connectivity index (χ0n) is 13.5. The number of hydrogen-bond donors (Lipinski definition) is 0. The minimum absolute atomic E-state index is 0.0666. The summed E-state index contributed by atoms with van der Waals surface area (Å²) in [6.07, 6.45) is 2.07. The minimum Gasteiger partial charge on any atom is -0.351 e. The quantitative estimate of drug-likeness (QED) is 0.833. The fourth-order valence-electron chi connectivity index (χ4n) is 2.99. The number of nitrogens with zero attached hydrogens (tertiary/aromatic N) is 2. The molecule has 2 aromatic rings. The van der Waals surface area contributed by atoms with Crippen molar-refractivity contribution in [2.75, 3.05) is 13.1 Å². The SMILES string of the molecule is CC(C)c1cc(C(=O)N2CCC[C@@H](c3ccc(Cl)cc3)C2)on1.